The summed E-state index contributed by atoms with van der Waals surface area (Å²) < 4.78 is 5.95. The van der Waals surface area contributed by atoms with Crippen molar-refractivity contribution < 1.29 is 9.53 Å². The second-order valence-corrected chi connectivity index (χ2v) is 8.25. The summed E-state index contributed by atoms with van der Waals surface area (Å²) in [6, 6.07) is 21.9. The Balaban J connectivity index is 1.28. The fourth-order valence-electron chi connectivity index (χ4n) is 4.06. The highest BCUT2D eigenvalue weighted by molar-refractivity contribution is 5.95. The summed E-state index contributed by atoms with van der Waals surface area (Å²) in [5, 5.41) is 10.6. The summed E-state index contributed by atoms with van der Waals surface area (Å²) in [5.41, 5.74) is 11.6. The highest BCUT2D eigenvalue weighted by Crippen LogP contribution is 2.30. The number of aryl methyl sites for hydroxylation is 1. The zero-order valence-corrected chi connectivity index (χ0v) is 18.4. The molecule has 0 aromatic heterocycles. The minimum atomic E-state index is -0.0794. The van der Waals surface area contributed by atoms with E-state index >= 15 is 0 Å². The van der Waals surface area contributed by atoms with Gasteiger partial charge in [0.1, 0.15) is 17.7 Å². The lowest BCUT2D eigenvalue weighted by atomic mass is 10.0. The summed E-state index contributed by atoms with van der Waals surface area (Å²) in [6.07, 6.45) is 3.74. The Morgan fingerprint density at radius 3 is 2.34 bits per heavy atom. The Bertz CT molecular complexity index is 1100. The molecule has 0 fully saturated rings. The number of ether oxygens (including phenoxy) is 1. The predicted octanol–water partition coefficient (Wildman–Crippen LogP) is 4.71. The number of carbonyl (C=O) groups is 1. The Morgan fingerprint density at radius 2 is 1.69 bits per heavy atom. The van der Waals surface area contributed by atoms with Crippen LogP contribution in [0.15, 0.2) is 66.7 Å². The third-order valence-electron chi connectivity index (χ3n) is 5.84. The van der Waals surface area contributed by atoms with Gasteiger partial charge in [-0.3, -0.25) is 10.2 Å². The molecule has 5 heteroatoms. The van der Waals surface area contributed by atoms with E-state index in [1.807, 2.05) is 36.4 Å². The first kappa shape index (κ1) is 21.6. The van der Waals surface area contributed by atoms with Crippen LogP contribution in [0.1, 0.15) is 46.8 Å². The van der Waals surface area contributed by atoms with Gasteiger partial charge in [-0.25, -0.2) is 0 Å². The van der Waals surface area contributed by atoms with Crippen molar-refractivity contribution in [2.24, 2.45) is 5.73 Å². The number of amides is 1. The smallest absolute Gasteiger partial charge is 0.251 e. The largest absolute Gasteiger partial charge is 0.490 e. The molecular weight excluding hydrogens is 398 g/mol. The second kappa shape index (κ2) is 9.69. The third-order valence-corrected chi connectivity index (χ3v) is 5.84. The maximum absolute atomic E-state index is 12.5. The van der Waals surface area contributed by atoms with Crippen molar-refractivity contribution in [3.8, 4) is 16.9 Å². The normalized spacial score (nSPS) is 14.5. The van der Waals surface area contributed by atoms with E-state index in [0.29, 0.717) is 17.7 Å². The number of benzene rings is 3. The van der Waals surface area contributed by atoms with Crippen molar-refractivity contribution in [3.63, 3.8) is 0 Å². The van der Waals surface area contributed by atoms with Gasteiger partial charge in [-0.2, -0.15) is 0 Å². The molecule has 1 amide bonds. The van der Waals surface area contributed by atoms with E-state index in [0.717, 1.165) is 48.1 Å². The molecule has 1 aliphatic rings. The van der Waals surface area contributed by atoms with E-state index < -0.39 is 0 Å². The molecule has 1 unspecified atom stereocenters. The maximum atomic E-state index is 12.5. The average Bonchev–Trinajstić information content (AvgIpc) is 3.22. The van der Waals surface area contributed by atoms with E-state index in [4.69, 9.17) is 15.9 Å². The Hall–Kier alpha value is -3.60. The van der Waals surface area contributed by atoms with E-state index in [1.165, 1.54) is 5.56 Å². The van der Waals surface area contributed by atoms with Crippen LogP contribution in [0.25, 0.3) is 11.1 Å². The van der Waals surface area contributed by atoms with Crippen LogP contribution in [0, 0.1) is 5.41 Å². The molecule has 5 nitrogen and oxygen atoms in total. The quantitative estimate of drug-likeness (QED) is 0.359. The van der Waals surface area contributed by atoms with Gasteiger partial charge in [-0.15, -0.1) is 0 Å². The SMILES string of the molecule is CCCc1ccc(-c2ccc(C(=O)NCCC3Cc4cc(C(=N)N)ccc4O3)cc2)cc1. The standard InChI is InChI=1S/C27H29N3O2/c1-2-3-18-4-6-19(7-5-18)20-8-10-21(11-9-20)27(31)30-15-14-24-17-23-16-22(26(28)29)12-13-25(23)32-24/h4-13,16,24H,2-3,14-15,17H2,1H3,(H3,28,29)(H,30,31). The highest BCUT2D eigenvalue weighted by atomic mass is 16.5. The van der Waals surface area contributed by atoms with Gasteiger partial charge in [0.15, 0.2) is 0 Å². The Kier molecular flexibility index (Phi) is 6.55. The fraction of sp³-hybridized carbons (Fsp3) is 0.259. The molecular formula is C27H29N3O2. The van der Waals surface area contributed by atoms with Gasteiger partial charge < -0.3 is 15.8 Å². The molecule has 0 saturated heterocycles. The number of nitrogens with one attached hydrogen (secondary N) is 2. The number of hydrogen-bond acceptors (Lipinski definition) is 3. The van der Waals surface area contributed by atoms with Crippen molar-refractivity contribution in [3.05, 3.63) is 89.0 Å². The van der Waals surface area contributed by atoms with Crippen LogP contribution in [0.3, 0.4) is 0 Å². The molecule has 164 valence electrons. The minimum absolute atomic E-state index is 0.0190. The monoisotopic (exact) mass is 427 g/mol. The van der Waals surface area contributed by atoms with Gasteiger partial charge in [0.05, 0.1) is 0 Å². The van der Waals surface area contributed by atoms with Gasteiger partial charge in [0.2, 0.25) is 0 Å². The fourth-order valence-corrected chi connectivity index (χ4v) is 4.06. The maximum Gasteiger partial charge on any atom is 0.251 e. The van der Waals surface area contributed by atoms with Crippen LogP contribution in [-0.2, 0) is 12.8 Å². The van der Waals surface area contributed by atoms with E-state index in [2.05, 4.69) is 36.5 Å². The van der Waals surface area contributed by atoms with Crippen molar-refractivity contribution in [1.29, 1.82) is 5.41 Å². The van der Waals surface area contributed by atoms with Crippen LogP contribution >= 0.6 is 0 Å². The van der Waals surface area contributed by atoms with Crippen molar-refractivity contribution in [2.75, 3.05) is 6.54 Å². The number of rotatable bonds is 8. The lowest BCUT2D eigenvalue weighted by Gasteiger charge is -2.11. The van der Waals surface area contributed by atoms with Crippen molar-refractivity contribution >= 4 is 11.7 Å². The highest BCUT2D eigenvalue weighted by Gasteiger charge is 2.23. The van der Waals surface area contributed by atoms with Crippen LogP contribution < -0.4 is 15.8 Å². The predicted molar refractivity (Wildman–Crippen MR) is 128 cm³/mol. The van der Waals surface area contributed by atoms with Gasteiger partial charge in [0, 0.05) is 30.5 Å². The Labute approximate surface area is 189 Å². The summed E-state index contributed by atoms with van der Waals surface area (Å²) >= 11 is 0. The summed E-state index contributed by atoms with van der Waals surface area (Å²) in [4.78, 5) is 12.5. The van der Waals surface area contributed by atoms with Crippen LogP contribution in [-0.4, -0.2) is 24.4 Å². The number of hydrogen-bond donors (Lipinski definition) is 3. The summed E-state index contributed by atoms with van der Waals surface area (Å²) in [5.74, 6) is 0.817. The molecule has 4 rings (SSSR count). The van der Waals surface area contributed by atoms with Gasteiger partial charge in [0.25, 0.3) is 5.91 Å². The van der Waals surface area contributed by atoms with Gasteiger partial charge in [-0.1, -0.05) is 49.7 Å². The van der Waals surface area contributed by atoms with Crippen LogP contribution in [0.2, 0.25) is 0 Å². The molecule has 3 aromatic carbocycles. The summed E-state index contributed by atoms with van der Waals surface area (Å²) in [7, 11) is 0. The molecule has 32 heavy (non-hydrogen) atoms. The number of nitrogen functional groups attached to an aromatic ring is 1. The number of nitrogens with two attached hydrogens (primary N) is 1. The van der Waals surface area contributed by atoms with E-state index in [9.17, 15) is 4.79 Å². The molecule has 3 aromatic rings. The molecule has 4 N–H and O–H groups in total. The molecule has 0 bridgehead atoms. The zero-order chi connectivity index (χ0) is 22.5. The minimum Gasteiger partial charge on any atom is -0.490 e. The molecule has 1 atom stereocenters. The van der Waals surface area contributed by atoms with E-state index in [-0.39, 0.29) is 17.8 Å². The first-order chi connectivity index (χ1) is 15.5. The zero-order valence-electron chi connectivity index (χ0n) is 18.4. The Morgan fingerprint density at radius 1 is 1.03 bits per heavy atom. The number of fused-ring (bicyclic) bond motifs is 1. The van der Waals surface area contributed by atoms with Crippen LogP contribution in [0.4, 0.5) is 0 Å². The molecule has 0 aliphatic carbocycles. The number of carbonyl (C=O) groups excluding carboxylic acids is 1. The molecule has 1 aliphatic heterocycles. The van der Waals surface area contributed by atoms with Crippen LogP contribution in [0.5, 0.6) is 5.75 Å². The van der Waals surface area contributed by atoms with Crippen molar-refractivity contribution in [2.45, 2.75) is 38.7 Å². The first-order valence-corrected chi connectivity index (χ1v) is 11.1. The molecule has 0 radical (unpaired) electrons. The van der Waals surface area contributed by atoms with E-state index in [1.54, 1.807) is 6.07 Å². The van der Waals surface area contributed by atoms with Gasteiger partial charge >= 0.3 is 0 Å². The van der Waals surface area contributed by atoms with Gasteiger partial charge in [-0.05, 0) is 59.0 Å². The van der Waals surface area contributed by atoms with Crippen molar-refractivity contribution in [1.82, 2.24) is 5.32 Å². The lowest BCUT2D eigenvalue weighted by molar-refractivity contribution is 0.0948. The second-order valence-electron chi connectivity index (χ2n) is 8.25. The first-order valence-electron chi connectivity index (χ1n) is 11.1. The molecule has 1 heterocycles. The third kappa shape index (κ3) is 4.99. The molecule has 0 saturated carbocycles. The number of amidine groups is 1. The lowest BCUT2D eigenvalue weighted by Crippen LogP contribution is -2.28. The average molecular weight is 428 g/mol. The topological polar surface area (TPSA) is 88.2 Å². The summed E-state index contributed by atoms with van der Waals surface area (Å²) in [6.45, 7) is 2.72. The molecule has 0 spiro atoms.